The molecule has 2 N–H and O–H groups in total. The zero-order valence-corrected chi connectivity index (χ0v) is 12.2. The predicted octanol–water partition coefficient (Wildman–Crippen LogP) is 2.10. The van der Waals surface area contributed by atoms with Crippen LogP contribution in [-0.4, -0.2) is 36.8 Å². The smallest absolute Gasteiger partial charge is 0.422 e. The Hall–Kier alpha value is -1.99. The molecule has 0 atom stereocenters. The Bertz CT molecular complexity index is 475. The van der Waals surface area contributed by atoms with Gasteiger partial charge in [0, 0.05) is 31.4 Å². The average Bonchev–Trinajstić information content (AvgIpc) is 2.40. The van der Waals surface area contributed by atoms with E-state index in [1.165, 1.54) is 6.20 Å². The van der Waals surface area contributed by atoms with Crippen molar-refractivity contribution in [1.29, 1.82) is 0 Å². The predicted molar refractivity (Wildman–Crippen MR) is 74.3 cm³/mol. The van der Waals surface area contributed by atoms with Crippen molar-refractivity contribution in [3.63, 3.8) is 0 Å². The molecule has 118 valence electrons. The quantitative estimate of drug-likeness (QED) is 0.646. The van der Waals surface area contributed by atoms with Gasteiger partial charge < -0.3 is 15.4 Å². The van der Waals surface area contributed by atoms with Crippen LogP contribution in [0.5, 0.6) is 5.88 Å². The minimum Gasteiger partial charge on any atom is -0.468 e. The van der Waals surface area contributed by atoms with Crippen LogP contribution in [0.4, 0.5) is 13.2 Å². The molecule has 1 aromatic rings. The van der Waals surface area contributed by atoms with Gasteiger partial charge in [-0.1, -0.05) is 6.07 Å². The third-order valence-corrected chi connectivity index (χ3v) is 2.32. The van der Waals surface area contributed by atoms with E-state index in [-0.39, 0.29) is 18.5 Å². The summed E-state index contributed by atoms with van der Waals surface area (Å²) >= 11 is 0. The van der Waals surface area contributed by atoms with E-state index in [4.69, 9.17) is 4.74 Å². The van der Waals surface area contributed by atoms with Crippen LogP contribution in [-0.2, 0) is 6.54 Å². The summed E-state index contributed by atoms with van der Waals surface area (Å²) in [4.78, 5) is 7.84. The molecule has 0 fully saturated rings. The molecule has 5 nitrogen and oxygen atoms in total. The third kappa shape index (κ3) is 6.82. The number of aromatic nitrogens is 1. The molecule has 0 unspecified atom stereocenters. The number of hydrogen-bond donors (Lipinski definition) is 2. The first kappa shape index (κ1) is 17.1. The molecule has 0 aromatic carbocycles. The summed E-state index contributed by atoms with van der Waals surface area (Å²) in [7, 11) is 1.61. The fourth-order valence-corrected chi connectivity index (χ4v) is 1.49. The summed E-state index contributed by atoms with van der Waals surface area (Å²) in [6, 6.07) is 3.47. The molecule has 0 radical (unpaired) electrons. The van der Waals surface area contributed by atoms with E-state index >= 15 is 0 Å². The lowest BCUT2D eigenvalue weighted by molar-refractivity contribution is -0.154. The molecule has 1 rings (SSSR count). The van der Waals surface area contributed by atoms with Gasteiger partial charge in [0.25, 0.3) is 0 Å². The van der Waals surface area contributed by atoms with E-state index in [2.05, 4.69) is 20.6 Å². The normalized spacial score (nSPS) is 12.4. The van der Waals surface area contributed by atoms with Gasteiger partial charge in [-0.05, 0) is 19.9 Å². The van der Waals surface area contributed by atoms with Crippen molar-refractivity contribution in [2.45, 2.75) is 32.6 Å². The molecular formula is C13H19F3N4O. The van der Waals surface area contributed by atoms with E-state index in [9.17, 15) is 13.2 Å². The lowest BCUT2D eigenvalue weighted by atomic mass is 10.2. The van der Waals surface area contributed by atoms with Crippen molar-refractivity contribution < 1.29 is 17.9 Å². The summed E-state index contributed by atoms with van der Waals surface area (Å²) in [5.74, 6) is 0.512. The van der Waals surface area contributed by atoms with Gasteiger partial charge in [-0.25, -0.2) is 4.98 Å². The Labute approximate surface area is 121 Å². The number of nitrogens with one attached hydrogen (secondary N) is 2. The lowest BCUT2D eigenvalue weighted by Gasteiger charge is -2.16. The highest BCUT2D eigenvalue weighted by Gasteiger charge is 2.29. The highest BCUT2D eigenvalue weighted by molar-refractivity contribution is 5.79. The molecule has 0 saturated heterocycles. The zero-order chi connectivity index (χ0) is 15.9. The Kier molecular flexibility index (Phi) is 6.26. The minimum atomic E-state index is -4.39. The Morgan fingerprint density at radius 2 is 2.14 bits per heavy atom. The summed E-state index contributed by atoms with van der Waals surface area (Å²) in [5.41, 5.74) is 0.522. The van der Waals surface area contributed by atoms with E-state index in [1.54, 1.807) is 19.2 Å². The number of alkyl halides is 3. The summed E-state index contributed by atoms with van der Waals surface area (Å²) in [6.07, 6.45) is -3.01. The van der Waals surface area contributed by atoms with Crippen LogP contribution in [0.1, 0.15) is 19.4 Å². The number of hydrogen-bond acceptors (Lipinski definition) is 3. The molecule has 1 heterocycles. The molecule has 21 heavy (non-hydrogen) atoms. The minimum absolute atomic E-state index is 0.0395. The van der Waals surface area contributed by atoms with Crippen LogP contribution in [0.2, 0.25) is 0 Å². The first-order valence-corrected chi connectivity index (χ1v) is 6.42. The second kappa shape index (κ2) is 7.70. The van der Waals surface area contributed by atoms with Gasteiger partial charge in [-0.2, -0.15) is 13.2 Å². The van der Waals surface area contributed by atoms with Crippen molar-refractivity contribution in [3.8, 4) is 5.88 Å². The van der Waals surface area contributed by atoms with Crippen molar-refractivity contribution >= 4 is 5.96 Å². The van der Waals surface area contributed by atoms with E-state index in [1.807, 2.05) is 13.8 Å². The highest BCUT2D eigenvalue weighted by atomic mass is 19.4. The van der Waals surface area contributed by atoms with Crippen molar-refractivity contribution in [2.24, 2.45) is 4.99 Å². The molecule has 0 saturated carbocycles. The Morgan fingerprint density at radius 3 is 2.71 bits per heavy atom. The SMILES string of the molecule is CN=C(NCc1cccnc1OCC(F)(F)F)NC(C)C. The molecule has 0 aliphatic carbocycles. The molecule has 0 spiro atoms. The molecule has 0 aliphatic heterocycles. The summed E-state index contributed by atoms with van der Waals surface area (Å²) in [5, 5.41) is 6.07. The largest absolute Gasteiger partial charge is 0.468 e. The van der Waals surface area contributed by atoms with Crippen LogP contribution in [0, 0.1) is 0 Å². The monoisotopic (exact) mass is 304 g/mol. The first-order chi connectivity index (χ1) is 9.81. The summed E-state index contributed by atoms with van der Waals surface area (Å²) < 4.78 is 41.3. The Balaban J connectivity index is 2.66. The number of rotatable bonds is 5. The van der Waals surface area contributed by atoms with Crippen molar-refractivity contribution in [3.05, 3.63) is 23.9 Å². The number of halogens is 3. The van der Waals surface area contributed by atoms with Crippen LogP contribution in [0.25, 0.3) is 0 Å². The van der Waals surface area contributed by atoms with Gasteiger partial charge in [-0.3, -0.25) is 4.99 Å². The molecule has 1 aromatic heterocycles. The van der Waals surface area contributed by atoms with Gasteiger partial charge in [0.05, 0.1) is 0 Å². The maximum Gasteiger partial charge on any atom is 0.422 e. The van der Waals surface area contributed by atoms with Gasteiger partial charge in [0.1, 0.15) is 0 Å². The van der Waals surface area contributed by atoms with Crippen molar-refractivity contribution in [1.82, 2.24) is 15.6 Å². The van der Waals surface area contributed by atoms with Crippen LogP contribution in [0.3, 0.4) is 0 Å². The van der Waals surface area contributed by atoms with Gasteiger partial charge >= 0.3 is 6.18 Å². The lowest BCUT2D eigenvalue weighted by Crippen LogP contribution is -2.40. The van der Waals surface area contributed by atoms with Gasteiger partial charge in [-0.15, -0.1) is 0 Å². The zero-order valence-electron chi connectivity index (χ0n) is 12.2. The standard InChI is InChI=1S/C13H19F3N4O/c1-9(2)20-12(17-3)19-7-10-5-4-6-18-11(10)21-8-13(14,15)16/h4-6,9H,7-8H2,1-3H3,(H2,17,19,20). The van der Waals surface area contributed by atoms with E-state index < -0.39 is 12.8 Å². The Morgan fingerprint density at radius 1 is 1.43 bits per heavy atom. The van der Waals surface area contributed by atoms with Gasteiger partial charge in [0.2, 0.25) is 5.88 Å². The first-order valence-electron chi connectivity index (χ1n) is 6.42. The number of ether oxygens (including phenoxy) is 1. The fourth-order valence-electron chi connectivity index (χ4n) is 1.49. The molecule has 0 amide bonds. The number of aliphatic imine (C=N–C) groups is 1. The van der Waals surface area contributed by atoms with Crippen LogP contribution in [0.15, 0.2) is 23.3 Å². The molecule has 0 bridgehead atoms. The van der Waals surface area contributed by atoms with E-state index in [0.717, 1.165) is 0 Å². The fraction of sp³-hybridized carbons (Fsp3) is 0.538. The topological polar surface area (TPSA) is 58.5 Å². The van der Waals surface area contributed by atoms with E-state index in [0.29, 0.717) is 11.5 Å². The van der Waals surface area contributed by atoms with Crippen LogP contribution < -0.4 is 15.4 Å². The second-order valence-electron chi connectivity index (χ2n) is 4.60. The van der Waals surface area contributed by atoms with Crippen LogP contribution >= 0.6 is 0 Å². The third-order valence-electron chi connectivity index (χ3n) is 2.32. The maximum atomic E-state index is 12.2. The number of guanidine groups is 1. The summed E-state index contributed by atoms with van der Waals surface area (Å²) in [6.45, 7) is 2.80. The number of pyridine rings is 1. The molecule has 8 heteroatoms. The highest BCUT2D eigenvalue weighted by Crippen LogP contribution is 2.19. The maximum absolute atomic E-state index is 12.2. The van der Waals surface area contributed by atoms with Gasteiger partial charge in [0.15, 0.2) is 12.6 Å². The molecular weight excluding hydrogens is 285 g/mol. The van der Waals surface area contributed by atoms with Crippen molar-refractivity contribution in [2.75, 3.05) is 13.7 Å². The average molecular weight is 304 g/mol. The number of nitrogens with zero attached hydrogens (tertiary/aromatic N) is 2. The molecule has 0 aliphatic rings. The second-order valence-corrected chi connectivity index (χ2v) is 4.60.